The molecule has 4 aliphatic heterocycles. The molecule has 0 aliphatic carbocycles. The Hall–Kier alpha value is -17.5. The molecular weight excluding hydrogens is 1640 g/mol. The summed E-state index contributed by atoms with van der Waals surface area (Å²) in [4.78, 5) is 35.2. The van der Waals surface area contributed by atoms with Crippen LogP contribution >= 0.6 is 11.8 Å². The minimum absolute atomic E-state index is 0.830. The molecular formula is C119H75N9O3S. The van der Waals surface area contributed by atoms with Gasteiger partial charge in [0.25, 0.3) is 0 Å². The molecule has 132 heavy (non-hydrogen) atoms. The van der Waals surface area contributed by atoms with Gasteiger partial charge in [0.2, 0.25) is 0 Å². The van der Waals surface area contributed by atoms with Crippen LogP contribution in [-0.4, -0.2) is 24.9 Å². The van der Waals surface area contributed by atoms with Crippen molar-refractivity contribution in [2.24, 2.45) is 0 Å². The quantitative estimate of drug-likeness (QED) is 0.158. The second-order valence-corrected chi connectivity index (χ2v) is 34.0. The van der Waals surface area contributed by atoms with Crippen LogP contribution in [0, 0.1) is 0 Å². The Labute approximate surface area is 764 Å². The van der Waals surface area contributed by atoms with Crippen LogP contribution in [0.4, 0.5) is 68.4 Å². The van der Waals surface area contributed by atoms with Gasteiger partial charge < -0.3 is 28.9 Å². The fourth-order valence-corrected chi connectivity index (χ4v) is 20.4. The van der Waals surface area contributed by atoms with Gasteiger partial charge in [-0.25, -0.2) is 4.98 Å². The molecule has 28 rings (SSSR count). The van der Waals surface area contributed by atoms with E-state index < -0.39 is 0 Å². The SMILES string of the molecule is c1ccc(-c2ccc(N3c4ccc5ccccc5c4Oc4ccc5ccccc5c43)cn2)nc1.c1ccc(-c2ccc(N3c4ccc5ccccc5c4Sc4ccc5ccccc5c43)cc2)nc1.c1ccc2c(N3c4ccc5ccccc5c4Oc4ccc5ccccc5c43)nccc2c1.c1ccc2ncc(N3c4ccc5ccccc5c4Oc4ccc5ccccc5c43)cc2c1. The van der Waals surface area contributed by atoms with Gasteiger partial charge in [-0.1, -0.05) is 321 Å². The molecule has 24 aromatic rings. The topological polar surface area (TPSA) is 105 Å². The minimum Gasteiger partial charge on any atom is -0.452 e. The molecule has 4 aliphatic rings. The molecule has 19 aromatic carbocycles. The van der Waals surface area contributed by atoms with Gasteiger partial charge in [-0.3, -0.25) is 24.8 Å². The first-order valence-corrected chi connectivity index (χ1v) is 44.9. The summed E-state index contributed by atoms with van der Waals surface area (Å²) in [6, 6.07) is 148. The Bertz CT molecular complexity index is 8460. The van der Waals surface area contributed by atoms with E-state index in [1.165, 1.54) is 53.5 Å². The van der Waals surface area contributed by atoms with Crippen molar-refractivity contribution in [3.63, 3.8) is 0 Å². The number of hydrogen-bond acceptors (Lipinski definition) is 13. The maximum Gasteiger partial charge on any atom is 0.159 e. The predicted octanol–water partition coefficient (Wildman–Crippen LogP) is 33.2. The maximum absolute atomic E-state index is 6.59. The smallest absolute Gasteiger partial charge is 0.159 e. The first kappa shape index (κ1) is 76.9. The number of rotatable bonds is 6. The van der Waals surface area contributed by atoms with Crippen molar-refractivity contribution in [1.82, 2.24) is 24.9 Å². The van der Waals surface area contributed by atoms with Gasteiger partial charge in [-0.05, 0) is 169 Å². The third-order valence-electron chi connectivity index (χ3n) is 25.3. The summed E-state index contributed by atoms with van der Waals surface area (Å²) in [5, 5.41) is 22.1. The summed E-state index contributed by atoms with van der Waals surface area (Å²) < 4.78 is 19.7. The first-order chi connectivity index (χ1) is 65.5. The summed E-state index contributed by atoms with van der Waals surface area (Å²) in [6.45, 7) is 0. The van der Waals surface area contributed by atoms with Crippen molar-refractivity contribution in [3.8, 4) is 57.1 Å². The molecule has 12 nitrogen and oxygen atoms in total. The Morgan fingerprint density at radius 1 is 0.212 bits per heavy atom. The lowest BCUT2D eigenvalue weighted by molar-refractivity contribution is 0.483. The third kappa shape index (κ3) is 13.4. The lowest BCUT2D eigenvalue weighted by Crippen LogP contribution is -2.18. The van der Waals surface area contributed by atoms with Crippen LogP contribution in [0.5, 0.6) is 34.5 Å². The molecule has 0 unspecified atom stereocenters. The van der Waals surface area contributed by atoms with Gasteiger partial charge in [-0.2, -0.15) is 0 Å². The third-order valence-corrected chi connectivity index (χ3v) is 26.5. The number of fused-ring (bicyclic) bond motifs is 26. The number of aromatic nitrogens is 5. The van der Waals surface area contributed by atoms with Crippen LogP contribution in [0.15, 0.2) is 465 Å². The van der Waals surface area contributed by atoms with E-state index in [4.69, 9.17) is 29.2 Å². The van der Waals surface area contributed by atoms with Gasteiger partial charge in [0, 0.05) is 88.1 Å². The molecule has 0 fully saturated rings. The molecule has 0 N–H and O–H groups in total. The van der Waals surface area contributed by atoms with E-state index in [0.717, 1.165) is 190 Å². The van der Waals surface area contributed by atoms with Crippen molar-refractivity contribution in [2.75, 3.05) is 19.6 Å². The second kappa shape index (κ2) is 32.4. The first-order valence-electron chi connectivity index (χ1n) is 44.1. The summed E-state index contributed by atoms with van der Waals surface area (Å²) >= 11 is 1.87. The van der Waals surface area contributed by atoms with E-state index in [1.807, 2.05) is 85.1 Å². The van der Waals surface area contributed by atoms with Crippen molar-refractivity contribution in [2.45, 2.75) is 9.79 Å². The average Bonchev–Trinajstić information content (AvgIpc) is 0.732. The summed E-state index contributed by atoms with van der Waals surface area (Å²) in [5.74, 6) is 6.01. The Balaban J connectivity index is 0.0000000946. The summed E-state index contributed by atoms with van der Waals surface area (Å²) in [6.07, 6.45) is 9.39. The molecule has 0 amide bonds. The normalized spacial score (nSPS) is 12.5. The van der Waals surface area contributed by atoms with Gasteiger partial charge in [-0.15, -0.1) is 0 Å². The Morgan fingerprint density at radius 3 is 1.08 bits per heavy atom. The number of pyridine rings is 5. The molecule has 0 saturated carbocycles. The van der Waals surface area contributed by atoms with Crippen LogP contribution in [0.25, 0.3) is 131 Å². The highest BCUT2D eigenvalue weighted by molar-refractivity contribution is 8.00. The molecule has 5 aromatic heterocycles. The number of benzene rings is 19. The van der Waals surface area contributed by atoms with Crippen LogP contribution in [0.1, 0.15) is 0 Å². The standard InChI is InChI=1S/C31H20N2S.C30H19N3O.2C29H18N2O/c1-3-9-25-21(7-1)15-19-29-30(25)33(24-16-12-23(13-17-24)27-11-5-6-20-32-27)28-18-14-22-8-2-4-10-26(22)31(28)34-29;1-3-9-23-20(7-1)13-17-28-29(23)33(22-14-15-26(32-19-22)25-11-5-6-18-31-25)27-16-12-21-8-2-4-10-24(21)30(27)34-28;1-4-10-23-19(7-1)14-16-27-28(23)31(22-17-21-9-3-6-12-25(21)30-18-22)26-15-13-20-8-2-5-11-24(20)29(26)32-27;1-4-10-22-19(7-1)14-16-26-27(22)31(29-24-12-6-3-9-21(24)17-18-30-29)25-15-13-20-8-2-5-11-23(20)28(25)32-26/h1-20H;1-19H;2*1-18H. The number of nitrogens with zero attached hydrogens (tertiary/aromatic N) is 9. The highest BCUT2D eigenvalue weighted by Crippen LogP contribution is 2.61. The van der Waals surface area contributed by atoms with Gasteiger partial charge in [0.15, 0.2) is 34.5 Å². The summed E-state index contributed by atoms with van der Waals surface area (Å²) in [5.41, 5.74) is 16.5. The predicted molar refractivity (Wildman–Crippen MR) is 544 cm³/mol. The van der Waals surface area contributed by atoms with Crippen molar-refractivity contribution >= 4 is 188 Å². The van der Waals surface area contributed by atoms with Gasteiger partial charge >= 0.3 is 0 Å². The molecule has 0 atom stereocenters. The van der Waals surface area contributed by atoms with E-state index in [9.17, 15) is 0 Å². The average molecular weight is 1710 g/mol. The van der Waals surface area contributed by atoms with Crippen LogP contribution < -0.4 is 33.8 Å². The Kier molecular flexibility index (Phi) is 18.9. The minimum atomic E-state index is 0.830. The monoisotopic (exact) mass is 1710 g/mol. The molecule has 0 radical (unpaired) electrons. The zero-order chi connectivity index (χ0) is 87.1. The summed E-state index contributed by atoms with van der Waals surface area (Å²) in [7, 11) is 0. The maximum atomic E-state index is 6.59. The number of hydrogen-bond donors (Lipinski definition) is 0. The van der Waals surface area contributed by atoms with Crippen LogP contribution in [-0.2, 0) is 0 Å². The molecule has 620 valence electrons. The van der Waals surface area contributed by atoms with E-state index in [0.29, 0.717) is 0 Å². The molecule has 0 spiro atoms. The zero-order valence-corrected chi connectivity index (χ0v) is 71.8. The van der Waals surface area contributed by atoms with Crippen molar-refractivity contribution in [3.05, 3.63) is 456 Å². The largest absolute Gasteiger partial charge is 0.452 e. The van der Waals surface area contributed by atoms with E-state index in [2.05, 4.69) is 406 Å². The van der Waals surface area contributed by atoms with E-state index in [-0.39, 0.29) is 0 Å². The molecule has 13 heteroatoms. The second-order valence-electron chi connectivity index (χ2n) is 32.9. The van der Waals surface area contributed by atoms with Crippen molar-refractivity contribution < 1.29 is 14.2 Å². The highest BCUT2D eigenvalue weighted by Gasteiger charge is 2.35. The number of anilines is 12. The van der Waals surface area contributed by atoms with E-state index >= 15 is 0 Å². The van der Waals surface area contributed by atoms with Gasteiger partial charge in [0.1, 0.15) is 5.82 Å². The number of ether oxygens (including phenoxy) is 3. The molecule has 9 heterocycles. The van der Waals surface area contributed by atoms with Gasteiger partial charge in [0.05, 0.1) is 91.9 Å². The zero-order valence-electron chi connectivity index (χ0n) is 71.0. The lowest BCUT2D eigenvalue weighted by Gasteiger charge is -2.34. The molecule has 0 bridgehead atoms. The Morgan fingerprint density at radius 2 is 0.576 bits per heavy atom. The molecule has 0 saturated heterocycles. The van der Waals surface area contributed by atoms with Crippen LogP contribution in [0.3, 0.4) is 0 Å². The van der Waals surface area contributed by atoms with Crippen LogP contribution in [0.2, 0.25) is 0 Å². The highest BCUT2D eigenvalue weighted by atomic mass is 32.2. The fourth-order valence-electron chi connectivity index (χ4n) is 19.2. The van der Waals surface area contributed by atoms with Crippen molar-refractivity contribution in [1.29, 1.82) is 0 Å². The number of para-hydroxylation sites is 1. The lowest BCUT2D eigenvalue weighted by atomic mass is 10.0. The fraction of sp³-hybridized carbons (Fsp3) is 0. The van der Waals surface area contributed by atoms with E-state index in [1.54, 1.807) is 6.20 Å².